The van der Waals surface area contributed by atoms with Crippen LogP contribution in [0.1, 0.15) is 19.8 Å². The Morgan fingerprint density at radius 2 is 2.07 bits per heavy atom. The van der Waals surface area contributed by atoms with Gasteiger partial charge in [-0.2, -0.15) is 13.2 Å². The van der Waals surface area contributed by atoms with Gasteiger partial charge in [0.1, 0.15) is 6.61 Å². The fourth-order valence-electron chi connectivity index (χ4n) is 1.01. The first kappa shape index (κ1) is 15.0. The monoisotopic (exact) mass is 247 g/mol. The third-order valence-electron chi connectivity index (χ3n) is 1.66. The van der Waals surface area contributed by atoms with E-state index >= 15 is 0 Å². The van der Waals surface area contributed by atoms with Crippen molar-refractivity contribution in [1.29, 1.82) is 0 Å². The standard InChI is InChI=1S/C9H17ClF3NO/c1-2-3-8(10)6-14-4-5-15-7-9(11,12)13/h8,14H,2-7H2,1H3. The van der Waals surface area contributed by atoms with E-state index in [1.165, 1.54) is 0 Å². The Morgan fingerprint density at radius 3 is 2.60 bits per heavy atom. The molecule has 0 saturated heterocycles. The Morgan fingerprint density at radius 1 is 1.40 bits per heavy atom. The SMILES string of the molecule is CCCC(Cl)CNCCOCC(F)(F)F. The fourth-order valence-corrected chi connectivity index (χ4v) is 1.33. The molecule has 0 heterocycles. The normalized spacial score (nSPS) is 14.2. The van der Waals surface area contributed by atoms with Gasteiger partial charge in [0.25, 0.3) is 0 Å². The Bertz CT molecular complexity index is 155. The molecule has 0 spiro atoms. The second-order valence-corrected chi connectivity index (χ2v) is 3.88. The van der Waals surface area contributed by atoms with Gasteiger partial charge < -0.3 is 10.1 Å². The highest BCUT2D eigenvalue weighted by Crippen LogP contribution is 2.13. The van der Waals surface area contributed by atoms with Gasteiger partial charge >= 0.3 is 6.18 Å². The third kappa shape index (κ3) is 11.9. The van der Waals surface area contributed by atoms with Crippen LogP contribution >= 0.6 is 11.6 Å². The zero-order valence-corrected chi connectivity index (χ0v) is 9.50. The van der Waals surface area contributed by atoms with Crippen LogP contribution in [0.2, 0.25) is 0 Å². The van der Waals surface area contributed by atoms with Gasteiger partial charge in [-0.05, 0) is 6.42 Å². The van der Waals surface area contributed by atoms with Crippen molar-refractivity contribution in [1.82, 2.24) is 5.32 Å². The van der Waals surface area contributed by atoms with Crippen molar-refractivity contribution >= 4 is 11.6 Å². The van der Waals surface area contributed by atoms with Crippen LogP contribution in [-0.4, -0.2) is 37.9 Å². The smallest absolute Gasteiger partial charge is 0.371 e. The Hall–Kier alpha value is -0.0000000000000000555. The first-order chi connectivity index (χ1) is 6.95. The summed E-state index contributed by atoms with van der Waals surface area (Å²) in [7, 11) is 0. The molecule has 0 fully saturated rings. The van der Waals surface area contributed by atoms with Gasteiger partial charge in [0, 0.05) is 18.5 Å². The predicted molar refractivity (Wildman–Crippen MR) is 54.3 cm³/mol. The first-order valence-electron chi connectivity index (χ1n) is 4.95. The minimum atomic E-state index is -4.24. The topological polar surface area (TPSA) is 21.3 Å². The van der Waals surface area contributed by atoms with E-state index in [-0.39, 0.29) is 12.0 Å². The lowest BCUT2D eigenvalue weighted by atomic mass is 10.2. The molecule has 6 heteroatoms. The van der Waals surface area contributed by atoms with E-state index < -0.39 is 12.8 Å². The summed E-state index contributed by atoms with van der Waals surface area (Å²) < 4.78 is 39.3. The number of hydrogen-bond acceptors (Lipinski definition) is 2. The molecule has 0 rings (SSSR count). The first-order valence-corrected chi connectivity index (χ1v) is 5.38. The molecule has 0 aliphatic carbocycles. The molecule has 15 heavy (non-hydrogen) atoms. The summed E-state index contributed by atoms with van der Waals surface area (Å²) >= 11 is 5.88. The zero-order valence-electron chi connectivity index (χ0n) is 8.74. The van der Waals surface area contributed by atoms with Crippen molar-refractivity contribution in [3.8, 4) is 0 Å². The van der Waals surface area contributed by atoms with Gasteiger partial charge in [0.15, 0.2) is 0 Å². The van der Waals surface area contributed by atoms with Gasteiger partial charge in [0.2, 0.25) is 0 Å². The average Bonchev–Trinajstić information content (AvgIpc) is 2.09. The van der Waals surface area contributed by atoms with Crippen molar-refractivity contribution in [2.75, 3.05) is 26.3 Å². The van der Waals surface area contributed by atoms with Crippen LogP contribution in [0.15, 0.2) is 0 Å². The predicted octanol–water partition coefficient (Wildman–Crippen LogP) is 2.56. The maximum atomic E-state index is 11.6. The van der Waals surface area contributed by atoms with Crippen LogP contribution in [-0.2, 0) is 4.74 Å². The number of ether oxygens (including phenoxy) is 1. The summed E-state index contributed by atoms with van der Waals surface area (Å²) in [6.07, 6.45) is -2.34. The van der Waals surface area contributed by atoms with Crippen LogP contribution < -0.4 is 5.32 Å². The minimum absolute atomic E-state index is 0.0395. The highest BCUT2D eigenvalue weighted by Gasteiger charge is 2.27. The van der Waals surface area contributed by atoms with Crippen molar-refractivity contribution in [2.24, 2.45) is 0 Å². The van der Waals surface area contributed by atoms with Crippen LogP contribution in [0.25, 0.3) is 0 Å². The quantitative estimate of drug-likeness (QED) is 0.526. The molecule has 0 aromatic carbocycles. The van der Waals surface area contributed by atoms with E-state index in [4.69, 9.17) is 11.6 Å². The van der Waals surface area contributed by atoms with E-state index in [2.05, 4.69) is 10.1 Å². The van der Waals surface area contributed by atoms with Gasteiger partial charge in [-0.15, -0.1) is 11.6 Å². The van der Waals surface area contributed by atoms with E-state index in [0.717, 1.165) is 12.8 Å². The molecular formula is C9H17ClF3NO. The highest BCUT2D eigenvalue weighted by atomic mass is 35.5. The second kappa shape index (κ2) is 8.19. The molecule has 0 bridgehead atoms. The molecule has 1 atom stereocenters. The summed E-state index contributed by atoms with van der Waals surface area (Å²) in [6.45, 7) is 1.89. The van der Waals surface area contributed by atoms with Gasteiger partial charge in [-0.25, -0.2) is 0 Å². The van der Waals surface area contributed by atoms with Crippen LogP contribution in [0.5, 0.6) is 0 Å². The van der Waals surface area contributed by atoms with Crippen molar-refractivity contribution in [3.63, 3.8) is 0 Å². The second-order valence-electron chi connectivity index (χ2n) is 3.26. The largest absolute Gasteiger partial charge is 0.411 e. The van der Waals surface area contributed by atoms with Crippen LogP contribution in [0.4, 0.5) is 13.2 Å². The lowest BCUT2D eigenvalue weighted by molar-refractivity contribution is -0.173. The van der Waals surface area contributed by atoms with Gasteiger partial charge in [-0.1, -0.05) is 13.3 Å². The number of hydrogen-bond donors (Lipinski definition) is 1. The summed E-state index contributed by atoms with van der Waals surface area (Å²) in [4.78, 5) is 0. The average molecular weight is 248 g/mol. The fraction of sp³-hybridized carbons (Fsp3) is 1.00. The summed E-state index contributed by atoms with van der Waals surface area (Å²) in [5.74, 6) is 0. The molecule has 92 valence electrons. The molecule has 1 N–H and O–H groups in total. The molecule has 0 aliphatic heterocycles. The maximum Gasteiger partial charge on any atom is 0.411 e. The molecule has 0 aromatic rings. The van der Waals surface area contributed by atoms with Crippen LogP contribution in [0.3, 0.4) is 0 Å². The van der Waals surface area contributed by atoms with E-state index in [9.17, 15) is 13.2 Å². The van der Waals surface area contributed by atoms with Crippen molar-refractivity contribution in [2.45, 2.75) is 31.3 Å². The molecule has 2 nitrogen and oxygen atoms in total. The lowest BCUT2D eigenvalue weighted by Gasteiger charge is -2.10. The lowest BCUT2D eigenvalue weighted by Crippen LogP contribution is -2.28. The molecular weight excluding hydrogens is 231 g/mol. The molecule has 1 unspecified atom stereocenters. The van der Waals surface area contributed by atoms with E-state index in [1.807, 2.05) is 6.92 Å². The Labute approximate surface area is 93.1 Å². The zero-order chi connectivity index (χ0) is 11.7. The van der Waals surface area contributed by atoms with Crippen molar-refractivity contribution < 1.29 is 17.9 Å². The third-order valence-corrected chi connectivity index (χ3v) is 2.03. The molecule has 0 saturated carbocycles. The maximum absolute atomic E-state index is 11.6. The number of nitrogens with one attached hydrogen (secondary N) is 1. The van der Waals surface area contributed by atoms with Crippen LogP contribution in [0, 0.1) is 0 Å². The van der Waals surface area contributed by atoms with Gasteiger partial charge in [-0.3, -0.25) is 0 Å². The van der Waals surface area contributed by atoms with E-state index in [0.29, 0.717) is 13.1 Å². The van der Waals surface area contributed by atoms with E-state index in [1.54, 1.807) is 0 Å². The minimum Gasteiger partial charge on any atom is -0.371 e. The molecule has 0 radical (unpaired) electrons. The summed E-state index contributed by atoms with van der Waals surface area (Å²) in [5.41, 5.74) is 0. The summed E-state index contributed by atoms with van der Waals surface area (Å²) in [5, 5.41) is 2.97. The summed E-state index contributed by atoms with van der Waals surface area (Å²) in [6, 6.07) is 0. The van der Waals surface area contributed by atoms with Gasteiger partial charge in [0.05, 0.1) is 6.61 Å². The molecule has 0 amide bonds. The number of halogens is 4. The number of rotatable bonds is 8. The highest BCUT2D eigenvalue weighted by molar-refractivity contribution is 6.20. The Balaban J connectivity index is 3.18. The number of alkyl halides is 4. The molecule has 0 aliphatic rings. The molecule has 0 aromatic heterocycles. The Kier molecular flexibility index (Phi) is 8.19. The van der Waals surface area contributed by atoms with Crippen molar-refractivity contribution in [3.05, 3.63) is 0 Å².